The molecule has 3 rings (SSSR count). The van der Waals surface area contributed by atoms with Crippen LogP contribution >= 0.6 is 0 Å². The van der Waals surface area contributed by atoms with Crippen LogP contribution in [0.2, 0.25) is 0 Å². The molecule has 0 aliphatic carbocycles. The lowest BCUT2D eigenvalue weighted by atomic mass is 9.85. The summed E-state index contributed by atoms with van der Waals surface area (Å²) in [5.41, 5.74) is -1.22. The highest BCUT2D eigenvalue weighted by Crippen LogP contribution is 2.36. The van der Waals surface area contributed by atoms with E-state index in [9.17, 15) is 27.3 Å². The van der Waals surface area contributed by atoms with Gasteiger partial charge >= 0.3 is 6.18 Å². The first-order chi connectivity index (χ1) is 15.4. The van der Waals surface area contributed by atoms with Gasteiger partial charge in [0.05, 0.1) is 18.3 Å². The zero-order valence-electron chi connectivity index (χ0n) is 18.6. The molecule has 2 heterocycles. The van der Waals surface area contributed by atoms with E-state index in [0.717, 1.165) is 12.1 Å². The van der Waals surface area contributed by atoms with Crippen molar-refractivity contribution in [2.75, 3.05) is 13.6 Å². The number of aromatic nitrogens is 3. The minimum Gasteiger partial charge on any atom is -0.357 e. The second kappa shape index (κ2) is 9.08. The number of hydrogen-bond donors (Lipinski definition) is 1. The molecule has 0 spiro atoms. The highest BCUT2D eigenvalue weighted by Gasteiger charge is 2.46. The molecule has 0 saturated carbocycles. The van der Waals surface area contributed by atoms with E-state index in [1.807, 2.05) is 0 Å². The fourth-order valence-electron chi connectivity index (χ4n) is 3.95. The van der Waals surface area contributed by atoms with Gasteiger partial charge in [0.15, 0.2) is 0 Å². The second-order valence-corrected chi connectivity index (χ2v) is 9.00. The largest absolute Gasteiger partial charge is 0.416 e. The van der Waals surface area contributed by atoms with Gasteiger partial charge in [-0.05, 0) is 22.1 Å². The van der Waals surface area contributed by atoms with Crippen molar-refractivity contribution in [1.29, 1.82) is 0 Å². The molecule has 0 bridgehead atoms. The fraction of sp³-hybridized carbons (Fsp3) is 0.524. The van der Waals surface area contributed by atoms with Crippen LogP contribution in [0, 0.1) is 5.41 Å². The molecule has 3 atom stereocenters. The highest BCUT2D eigenvalue weighted by molar-refractivity contribution is 5.90. The maximum Gasteiger partial charge on any atom is 0.416 e. The van der Waals surface area contributed by atoms with Gasteiger partial charge in [-0.1, -0.05) is 38.1 Å². The SMILES string of the molecule is CNC(=O)[C@@H]1CC(OF)CN1C(=O)[C@@H](n1cc(-c2cccc(C(F)(F)F)c2)nn1)C(C)(C)C. The average molecular weight is 471 g/mol. The number of amides is 2. The number of likely N-dealkylation sites (tertiary alicyclic amines) is 1. The van der Waals surface area contributed by atoms with Crippen LogP contribution in [0.15, 0.2) is 30.5 Å². The van der Waals surface area contributed by atoms with Gasteiger partial charge in [-0.2, -0.15) is 18.1 Å². The van der Waals surface area contributed by atoms with E-state index in [4.69, 9.17) is 0 Å². The van der Waals surface area contributed by atoms with Crippen LogP contribution in [0.5, 0.6) is 0 Å². The van der Waals surface area contributed by atoms with Crippen LogP contribution in [0.3, 0.4) is 0 Å². The maximum absolute atomic E-state index is 13.5. The lowest BCUT2D eigenvalue weighted by Crippen LogP contribution is -2.49. The lowest BCUT2D eigenvalue weighted by molar-refractivity contribution is -0.175. The minimum absolute atomic E-state index is 0.00832. The van der Waals surface area contributed by atoms with Gasteiger partial charge in [-0.15, -0.1) is 5.10 Å². The second-order valence-electron chi connectivity index (χ2n) is 9.00. The molecule has 1 aromatic carbocycles. The Bertz CT molecular complexity index is 1020. The van der Waals surface area contributed by atoms with E-state index in [1.54, 1.807) is 20.8 Å². The van der Waals surface area contributed by atoms with Crippen LogP contribution < -0.4 is 5.32 Å². The van der Waals surface area contributed by atoms with Gasteiger partial charge in [0.1, 0.15) is 23.9 Å². The first-order valence-electron chi connectivity index (χ1n) is 10.3. The molecule has 1 aliphatic rings. The third-order valence-electron chi connectivity index (χ3n) is 5.54. The topological polar surface area (TPSA) is 89.4 Å². The number of rotatable bonds is 5. The van der Waals surface area contributed by atoms with Crippen molar-refractivity contribution in [1.82, 2.24) is 25.2 Å². The summed E-state index contributed by atoms with van der Waals surface area (Å²) in [6.45, 7) is 5.19. The highest BCUT2D eigenvalue weighted by atomic mass is 19.4. The molecule has 0 radical (unpaired) electrons. The number of halogens is 4. The molecule has 180 valence electrons. The van der Waals surface area contributed by atoms with Crippen LogP contribution in [-0.2, 0) is 20.7 Å². The molecule has 2 aromatic rings. The molecule has 1 unspecified atom stereocenters. The van der Waals surface area contributed by atoms with Crippen molar-refractivity contribution in [3.05, 3.63) is 36.0 Å². The van der Waals surface area contributed by atoms with Crippen molar-refractivity contribution < 1.29 is 32.2 Å². The van der Waals surface area contributed by atoms with E-state index in [2.05, 4.69) is 20.6 Å². The number of nitrogens with one attached hydrogen (secondary N) is 1. The summed E-state index contributed by atoms with van der Waals surface area (Å²) in [5, 5.41) is 10.4. The number of nitrogens with zero attached hydrogens (tertiary/aromatic N) is 4. The Morgan fingerprint density at radius 2 is 1.94 bits per heavy atom. The molecule has 1 N–H and O–H groups in total. The Morgan fingerprint density at radius 3 is 2.52 bits per heavy atom. The first kappa shape index (κ1) is 24.6. The molecule has 8 nitrogen and oxygen atoms in total. The zero-order chi connectivity index (χ0) is 24.6. The third-order valence-corrected chi connectivity index (χ3v) is 5.54. The fourth-order valence-corrected chi connectivity index (χ4v) is 3.95. The van der Waals surface area contributed by atoms with E-state index in [1.165, 1.54) is 35.0 Å². The van der Waals surface area contributed by atoms with Crippen molar-refractivity contribution in [2.45, 2.75) is 51.6 Å². The van der Waals surface area contributed by atoms with Gasteiger partial charge in [0.25, 0.3) is 0 Å². The molecule has 33 heavy (non-hydrogen) atoms. The van der Waals surface area contributed by atoms with Crippen molar-refractivity contribution >= 4 is 11.8 Å². The Balaban J connectivity index is 1.96. The van der Waals surface area contributed by atoms with Crippen LogP contribution in [0.1, 0.15) is 38.8 Å². The molecule has 1 saturated heterocycles. The predicted molar refractivity (Wildman–Crippen MR) is 109 cm³/mol. The predicted octanol–water partition coefficient (Wildman–Crippen LogP) is 3.17. The van der Waals surface area contributed by atoms with Crippen LogP contribution in [-0.4, -0.2) is 57.4 Å². The normalized spacial score (nSPS) is 20.1. The van der Waals surface area contributed by atoms with E-state index < -0.39 is 47.2 Å². The molecular weight excluding hydrogens is 446 g/mol. The first-order valence-corrected chi connectivity index (χ1v) is 10.3. The summed E-state index contributed by atoms with van der Waals surface area (Å²) < 4.78 is 53.4. The number of hydrogen-bond acceptors (Lipinski definition) is 5. The Morgan fingerprint density at radius 1 is 1.24 bits per heavy atom. The van der Waals surface area contributed by atoms with Crippen molar-refractivity contribution in [3.8, 4) is 11.3 Å². The van der Waals surface area contributed by atoms with Gasteiger partial charge in [0.2, 0.25) is 11.8 Å². The van der Waals surface area contributed by atoms with E-state index >= 15 is 0 Å². The van der Waals surface area contributed by atoms with Gasteiger partial charge < -0.3 is 10.2 Å². The molecule has 1 aliphatic heterocycles. The quantitative estimate of drug-likeness (QED) is 0.677. The van der Waals surface area contributed by atoms with E-state index in [-0.39, 0.29) is 24.2 Å². The monoisotopic (exact) mass is 471 g/mol. The summed E-state index contributed by atoms with van der Waals surface area (Å²) in [5.74, 6) is -0.963. The van der Waals surface area contributed by atoms with Crippen LogP contribution in [0.4, 0.5) is 17.7 Å². The number of benzene rings is 1. The average Bonchev–Trinajstić information content (AvgIpc) is 3.39. The summed E-state index contributed by atoms with van der Waals surface area (Å²) in [4.78, 5) is 31.0. The van der Waals surface area contributed by atoms with Gasteiger partial charge in [-0.25, -0.2) is 4.68 Å². The third kappa shape index (κ3) is 5.15. The van der Waals surface area contributed by atoms with Gasteiger partial charge in [0, 0.05) is 19.0 Å². The molecular formula is C21H25F4N5O3. The number of carbonyl (C=O) groups excluding carboxylic acids is 2. The standard InChI is InChI=1S/C21H25F4N5O3/c1-20(2,3)17(19(32)29-10-14(33-25)9-16(29)18(31)26-4)30-11-15(27-28-30)12-6-5-7-13(8-12)21(22,23)24/h5-8,11,14,16-17H,9-10H2,1-4H3,(H,26,31)/t14?,16-,17+/m0/s1. The Labute approximate surface area is 187 Å². The molecule has 1 aromatic heterocycles. The summed E-state index contributed by atoms with van der Waals surface area (Å²) >= 11 is 0. The number of alkyl halides is 3. The minimum atomic E-state index is -4.52. The summed E-state index contributed by atoms with van der Waals surface area (Å²) in [7, 11) is 1.41. The summed E-state index contributed by atoms with van der Waals surface area (Å²) in [6.07, 6.45) is -4.09. The Kier molecular flexibility index (Phi) is 6.78. The number of carbonyl (C=O) groups is 2. The van der Waals surface area contributed by atoms with Crippen molar-refractivity contribution in [2.24, 2.45) is 5.41 Å². The molecule has 2 amide bonds. The molecule has 1 fully saturated rings. The van der Waals surface area contributed by atoms with Gasteiger partial charge in [-0.3, -0.25) is 9.59 Å². The number of likely N-dealkylation sites (N-methyl/N-ethyl adjacent to an activating group) is 1. The molecule has 12 heteroatoms. The summed E-state index contributed by atoms with van der Waals surface area (Å²) in [6, 6.07) is 2.73. The maximum atomic E-state index is 13.5. The van der Waals surface area contributed by atoms with E-state index in [0.29, 0.717) is 0 Å². The Hall–Kier alpha value is -3.02. The zero-order valence-corrected chi connectivity index (χ0v) is 18.6. The lowest BCUT2D eigenvalue weighted by Gasteiger charge is -2.34. The van der Waals surface area contributed by atoms with Crippen LogP contribution in [0.25, 0.3) is 11.3 Å². The van der Waals surface area contributed by atoms with Crippen molar-refractivity contribution in [3.63, 3.8) is 0 Å². The smallest absolute Gasteiger partial charge is 0.357 e.